The summed E-state index contributed by atoms with van der Waals surface area (Å²) in [5, 5.41) is 0.411. The summed E-state index contributed by atoms with van der Waals surface area (Å²) >= 11 is 11.5. The first-order valence-corrected chi connectivity index (χ1v) is 7.18. The van der Waals surface area contributed by atoms with Crippen LogP contribution in [0.25, 0.3) is 0 Å². The van der Waals surface area contributed by atoms with Crippen molar-refractivity contribution in [2.75, 3.05) is 7.11 Å². The van der Waals surface area contributed by atoms with Crippen molar-refractivity contribution in [3.8, 4) is 0 Å². The Morgan fingerprint density at radius 3 is 2.17 bits per heavy atom. The Bertz CT molecular complexity index is 268. The summed E-state index contributed by atoms with van der Waals surface area (Å²) in [5.41, 5.74) is 0. The van der Waals surface area contributed by atoms with Crippen molar-refractivity contribution in [1.29, 1.82) is 0 Å². The molecule has 0 heterocycles. The Labute approximate surface area is 80.7 Å². The quantitative estimate of drug-likeness (QED) is 0.787. The third-order valence-corrected chi connectivity index (χ3v) is 5.23. The summed E-state index contributed by atoms with van der Waals surface area (Å²) in [5.74, 6) is -4.07. The van der Waals surface area contributed by atoms with Crippen LogP contribution >= 0.6 is 28.2 Å². The van der Waals surface area contributed by atoms with Gasteiger partial charge in [0.25, 0.3) is 0 Å². The van der Waals surface area contributed by atoms with Crippen molar-refractivity contribution < 1.29 is 9.42 Å². The van der Waals surface area contributed by atoms with Gasteiger partial charge in [0.2, 0.25) is 0 Å². The van der Waals surface area contributed by atoms with E-state index in [0.717, 1.165) is 0 Å². The molecule has 68 valence electrons. The van der Waals surface area contributed by atoms with Crippen LogP contribution in [0.15, 0.2) is 30.3 Å². The maximum absolute atomic E-state index is 9.70. The SMILES string of the molecule is COP(O)(Cl)(Cl)c1ccccc1. The Kier molecular flexibility index (Phi) is 2.67. The summed E-state index contributed by atoms with van der Waals surface area (Å²) in [7, 11) is 1.28. The van der Waals surface area contributed by atoms with Crippen LogP contribution in [-0.4, -0.2) is 12.0 Å². The van der Waals surface area contributed by atoms with E-state index in [-0.39, 0.29) is 0 Å². The molecular weight excluding hydrogens is 218 g/mol. The average Bonchev–Trinajstić information content (AvgIpc) is 2.06. The number of benzene rings is 1. The van der Waals surface area contributed by atoms with Gasteiger partial charge in [-0.1, -0.05) is 0 Å². The second kappa shape index (κ2) is 3.13. The molecule has 2 nitrogen and oxygen atoms in total. The van der Waals surface area contributed by atoms with Crippen molar-refractivity contribution in [3.63, 3.8) is 0 Å². The average molecular weight is 227 g/mol. The Morgan fingerprint density at radius 1 is 1.25 bits per heavy atom. The zero-order valence-electron chi connectivity index (χ0n) is 6.45. The van der Waals surface area contributed by atoms with E-state index in [1.165, 1.54) is 7.11 Å². The van der Waals surface area contributed by atoms with Crippen molar-refractivity contribution in [2.24, 2.45) is 0 Å². The Balaban J connectivity index is 3.14. The third kappa shape index (κ3) is 2.09. The number of halogens is 2. The molecule has 0 atom stereocenters. The first-order valence-electron chi connectivity index (χ1n) is 3.26. The molecule has 0 aromatic heterocycles. The Hall–Kier alpha value is 0.150. The summed E-state index contributed by atoms with van der Waals surface area (Å²) in [4.78, 5) is 9.70. The van der Waals surface area contributed by atoms with Crippen LogP contribution < -0.4 is 5.30 Å². The maximum atomic E-state index is 9.70. The fourth-order valence-electron chi connectivity index (χ4n) is 0.774. The zero-order valence-corrected chi connectivity index (χ0v) is 8.85. The third-order valence-electron chi connectivity index (χ3n) is 1.48. The van der Waals surface area contributed by atoms with Crippen molar-refractivity contribution in [1.82, 2.24) is 0 Å². The number of hydrogen-bond donors (Lipinski definition) is 1. The van der Waals surface area contributed by atoms with Gasteiger partial charge in [-0.05, 0) is 0 Å². The predicted octanol–water partition coefficient (Wildman–Crippen LogP) is 2.64. The van der Waals surface area contributed by atoms with E-state index >= 15 is 0 Å². The zero-order chi connectivity index (χ0) is 9.27. The molecule has 0 saturated heterocycles. The topological polar surface area (TPSA) is 29.5 Å². The molecule has 0 radical (unpaired) electrons. The van der Waals surface area contributed by atoms with Gasteiger partial charge in [0, 0.05) is 0 Å². The van der Waals surface area contributed by atoms with E-state index < -0.39 is 5.76 Å². The van der Waals surface area contributed by atoms with Crippen molar-refractivity contribution in [3.05, 3.63) is 30.3 Å². The van der Waals surface area contributed by atoms with Gasteiger partial charge in [0.1, 0.15) is 0 Å². The molecule has 0 unspecified atom stereocenters. The van der Waals surface area contributed by atoms with E-state index in [4.69, 9.17) is 27.0 Å². The van der Waals surface area contributed by atoms with E-state index in [1.54, 1.807) is 30.3 Å². The summed E-state index contributed by atoms with van der Waals surface area (Å²) < 4.78 is 4.73. The van der Waals surface area contributed by atoms with Crippen LogP contribution in [0.3, 0.4) is 0 Å². The fraction of sp³-hybridized carbons (Fsp3) is 0.143. The fourth-order valence-corrected chi connectivity index (χ4v) is 2.31. The van der Waals surface area contributed by atoms with Gasteiger partial charge in [0.15, 0.2) is 0 Å². The van der Waals surface area contributed by atoms with E-state index in [0.29, 0.717) is 5.30 Å². The van der Waals surface area contributed by atoms with Crippen LogP contribution in [0.1, 0.15) is 0 Å². The molecule has 5 heteroatoms. The second-order valence-corrected chi connectivity index (χ2v) is 9.07. The van der Waals surface area contributed by atoms with Crippen LogP contribution in [0.2, 0.25) is 0 Å². The molecule has 1 N–H and O–H groups in total. The van der Waals surface area contributed by atoms with Gasteiger partial charge < -0.3 is 0 Å². The summed E-state index contributed by atoms with van der Waals surface area (Å²) in [6.07, 6.45) is 0. The van der Waals surface area contributed by atoms with Crippen molar-refractivity contribution >= 4 is 33.5 Å². The van der Waals surface area contributed by atoms with Crippen LogP contribution in [-0.2, 0) is 4.52 Å². The van der Waals surface area contributed by atoms with Gasteiger partial charge in [-0.15, -0.1) is 0 Å². The number of hydrogen-bond acceptors (Lipinski definition) is 2. The van der Waals surface area contributed by atoms with Gasteiger partial charge in [-0.25, -0.2) is 0 Å². The molecule has 0 saturated carbocycles. The molecule has 1 aromatic carbocycles. The first kappa shape index (κ1) is 10.2. The first-order chi connectivity index (χ1) is 5.44. The van der Waals surface area contributed by atoms with Crippen LogP contribution in [0, 0.1) is 0 Å². The van der Waals surface area contributed by atoms with E-state index in [1.807, 2.05) is 0 Å². The Morgan fingerprint density at radius 2 is 1.75 bits per heavy atom. The molecule has 0 spiro atoms. The molecule has 0 aliphatic carbocycles. The van der Waals surface area contributed by atoms with Gasteiger partial charge in [-0.2, -0.15) is 0 Å². The van der Waals surface area contributed by atoms with Crippen LogP contribution in [0.4, 0.5) is 0 Å². The van der Waals surface area contributed by atoms with Gasteiger partial charge in [-0.3, -0.25) is 0 Å². The minimum absolute atomic E-state index is 0.411. The predicted molar refractivity (Wildman–Crippen MR) is 53.9 cm³/mol. The molecule has 1 aromatic rings. The molecule has 12 heavy (non-hydrogen) atoms. The standard InChI is InChI=1S/C7H9Cl2O2P/c1-11-12(8,9,10)7-5-3-2-4-6-7/h2-6,10H,1H3. The molecule has 0 amide bonds. The minimum atomic E-state index is -4.07. The number of rotatable bonds is 2. The van der Waals surface area contributed by atoms with E-state index in [2.05, 4.69) is 0 Å². The molecule has 1 rings (SSSR count). The summed E-state index contributed by atoms with van der Waals surface area (Å²) in [6.45, 7) is 0. The van der Waals surface area contributed by atoms with Crippen molar-refractivity contribution in [2.45, 2.75) is 0 Å². The second-order valence-electron chi connectivity index (χ2n) is 2.31. The van der Waals surface area contributed by atoms with Gasteiger partial charge in [0.05, 0.1) is 0 Å². The monoisotopic (exact) mass is 226 g/mol. The molecular formula is C7H9Cl2O2P. The van der Waals surface area contributed by atoms with Crippen LogP contribution in [0.5, 0.6) is 0 Å². The normalized spacial score (nSPS) is 15.2. The molecule has 0 fully saturated rings. The summed E-state index contributed by atoms with van der Waals surface area (Å²) in [6, 6.07) is 8.52. The molecule has 0 aliphatic rings. The van der Waals surface area contributed by atoms with Gasteiger partial charge >= 0.3 is 80.4 Å². The molecule has 0 aliphatic heterocycles. The van der Waals surface area contributed by atoms with E-state index in [9.17, 15) is 4.89 Å². The molecule has 0 bridgehead atoms.